The minimum atomic E-state index is 0.397. The molecule has 0 radical (unpaired) electrons. The molecule has 0 amide bonds. The minimum absolute atomic E-state index is 0.397. The van der Waals surface area contributed by atoms with Crippen LogP contribution in [-0.4, -0.2) is 14.7 Å². The highest BCUT2D eigenvalue weighted by atomic mass is 32.2. The lowest BCUT2D eigenvalue weighted by Gasteiger charge is -2.23. The summed E-state index contributed by atoms with van der Waals surface area (Å²) in [6, 6.07) is 0.545. The average molecular weight is 234 g/mol. The maximum atomic E-state index is 5.37. The van der Waals surface area contributed by atoms with Crippen LogP contribution in [0.25, 0.3) is 0 Å². The van der Waals surface area contributed by atoms with Crippen molar-refractivity contribution in [1.82, 2.24) is 5.32 Å². The second-order valence-electron chi connectivity index (χ2n) is 3.19. The molecule has 5 heteroatoms. The van der Waals surface area contributed by atoms with Crippen LogP contribution in [-0.2, 0) is 0 Å². The Labute approximate surface area is 94.0 Å². The topological polar surface area (TPSA) is 38.0 Å². The number of thiocarbonyl (C=S) groups is 2. The molecule has 3 N–H and O–H groups in total. The first-order valence-electron chi connectivity index (χ1n) is 4.46. The molecule has 2 nitrogen and oxygen atoms in total. The van der Waals surface area contributed by atoms with E-state index in [9.17, 15) is 0 Å². The van der Waals surface area contributed by atoms with Gasteiger partial charge < -0.3 is 11.1 Å². The van der Waals surface area contributed by atoms with Gasteiger partial charge in [-0.15, -0.1) is 0 Å². The first-order valence-corrected chi connectivity index (χ1v) is 6.09. The summed E-state index contributed by atoms with van der Waals surface area (Å²) in [4.78, 5) is 0. The van der Waals surface area contributed by atoms with Gasteiger partial charge in [-0.25, -0.2) is 0 Å². The number of rotatable bonds is 1. The maximum absolute atomic E-state index is 5.37. The Morgan fingerprint density at radius 3 is 2.38 bits per heavy atom. The zero-order valence-electron chi connectivity index (χ0n) is 7.41. The van der Waals surface area contributed by atoms with Gasteiger partial charge in [0.1, 0.15) is 8.64 Å². The first kappa shape index (κ1) is 11.2. The smallest absolute Gasteiger partial charge is 0.141 e. The Morgan fingerprint density at radius 2 is 1.85 bits per heavy atom. The molecule has 1 saturated carbocycles. The molecular formula is C8H14N2S3. The Kier molecular flexibility index (Phi) is 4.98. The molecule has 0 saturated heterocycles. The van der Waals surface area contributed by atoms with Crippen molar-refractivity contribution in [3.63, 3.8) is 0 Å². The molecule has 0 bridgehead atoms. The molecule has 1 fully saturated rings. The molecule has 0 unspecified atom stereocenters. The van der Waals surface area contributed by atoms with Crippen LogP contribution in [0.1, 0.15) is 32.1 Å². The molecule has 0 aromatic heterocycles. The quantitative estimate of drug-likeness (QED) is 0.680. The molecular weight excluding hydrogens is 220 g/mol. The van der Waals surface area contributed by atoms with E-state index < -0.39 is 0 Å². The molecule has 1 aliphatic rings. The average Bonchev–Trinajstić information content (AvgIpc) is 2.04. The predicted molar refractivity (Wildman–Crippen MR) is 67.0 cm³/mol. The van der Waals surface area contributed by atoms with E-state index in [4.69, 9.17) is 30.2 Å². The van der Waals surface area contributed by atoms with Gasteiger partial charge in [-0.1, -0.05) is 43.7 Å². The van der Waals surface area contributed by atoms with E-state index in [2.05, 4.69) is 5.32 Å². The Hall–Kier alpha value is 0.130. The van der Waals surface area contributed by atoms with Gasteiger partial charge >= 0.3 is 0 Å². The molecule has 0 heterocycles. The van der Waals surface area contributed by atoms with Crippen molar-refractivity contribution < 1.29 is 0 Å². The zero-order chi connectivity index (χ0) is 9.68. The van der Waals surface area contributed by atoms with Crippen molar-refractivity contribution in [2.45, 2.75) is 38.1 Å². The van der Waals surface area contributed by atoms with E-state index in [-0.39, 0.29) is 0 Å². The number of nitrogens with two attached hydrogens (primary N) is 1. The van der Waals surface area contributed by atoms with E-state index in [0.717, 1.165) is 4.32 Å². The second-order valence-corrected chi connectivity index (χ2v) is 5.60. The van der Waals surface area contributed by atoms with Crippen molar-refractivity contribution in [2.24, 2.45) is 5.73 Å². The molecule has 13 heavy (non-hydrogen) atoms. The second kappa shape index (κ2) is 5.78. The molecule has 74 valence electrons. The normalized spacial score (nSPS) is 18.2. The third kappa shape index (κ3) is 4.78. The van der Waals surface area contributed by atoms with Gasteiger partial charge in [-0.3, -0.25) is 0 Å². The van der Waals surface area contributed by atoms with Crippen molar-refractivity contribution >= 4 is 44.8 Å². The van der Waals surface area contributed by atoms with E-state index in [1.54, 1.807) is 0 Å². The Bertz CT molecular complexity index is 200. The molecule has 0 aliphatic heterocycles. The fraction of sp³-hybridized carbons (Fsp3) is 0.750. The zero-order valence-corrected chi connectivity index (χ0v) is 9.86. The Morgan fingerprint density at radius 1 is 1.23 bits per heavy atom. The third-order valence-electron chi connectivity index (χ3n) is 2.12. The molecule has 1 rings (SSSR count). The highest BCUT2D eigenvalue weighted by Crippen LogP contribution is 2.18. The van der Waals surface area contributed by atoms with E-state index in [0.29, 0.717) is 10.4 Å². The van der Waals surface area contributed by atoms with Gasteiger partial charge in [0, 0.05) is 6.04 Å². The van der Waals surface area contributed by atoms with Crippen molar-refractivity contribution in [1.29, 1.82) is 0 Å². The summed E-state index contributed by atoms with van der Waals surface area (Å²) in [5, 5.41) is 3.28. The van der Waals surface area contributed by atoms with Crippen molar-refractivity contribution in [3.05, 3.63) is 0 Å². The molecule has 1 aliphatic carbocycles. The van der Waals surface area contributed by atoms with Gasteiger partial charge in [0.2, 0.25) is 0 Å². The highest BCUT2D eigenvalue weighted by Gasteiger charge is 2.14. The fourth-order valence-electron chi connectivity index (χ4n) is 1.53. The van der Waals surface area contributed by atoms with E-state index in [1.165, 1.54) is 43.9 Å². The highest BCUT2D eigenvalue weighted by molar-refractivity contribution is 8.37. The first-order chi connectivity index (χ1) is 6.18. The van der Waals surface area contributed by atoms with Crippen LogP contribution in [0.15, 0.2) is 0 Å². The van der Waals surface area contributed by atoms with Crippen LogP contribution in [0.2, 0.25) is 0 Å². The summed E-state index contributed by atoms with van der Waals surface area (Å²) in [7, 11) is 0. The van der Waals surface area contributed by atoms with Gasteiger partial charge in [0.05, 0.1) is 0 Å². The van der Waals surface area contributed by atoms with Crippen LogP contribution in [0.5, 0.6) is 0 Å². The van der Waals surface area contributed by atoms with Gasteiger partial charge in [0.25, 0.3) is 0 Å². The summed E-state index contributed by atoms with van der Waals surface area (Å²) in [6.45, 7) is 0. The van der Waals surface area contributed by atoms with Crippen LogP contribution < -0.4 is 11.1 Å². The van der Waals surface area contributed by atoms with E-state index >= 15 is 0 Å². The number of hydrogen-bond acceptors (Lipinski definition) is 3. The van der Waals surface area contributed by atoms with Crippen LogP contribution in [0.3, 0.4) is 0 Å². The van der Waals surface area contributed by atoms with Gasteiger partial charge in [-0.05, 0) is 24.6 Å². The van der Waals surface area contributed by atoms with E-state index in [1.807, 2.05) is 0 Å². The predicted octanol–water partition coefficient (Wildman–Crippen LogP) is 2.17. The van der Waals surface area contributed by atoms with Crippen LogP contribution in [0, 0.1) is 0 Å². The van der Waals surface area contributed by atoms with Crippen molar-refractivity contribution in [3.8, 4) is 0 Å². The van der Waals surface area contributed by atoms with Gasteiger partial charge in [0.15, 0.2) is 0 Å². The van der Waals surface area contributed by atoms with Gasteiger partial charge in [-0.2, -0.15) is 0 Å². The molecule has 0 aromatic rings. The Balaban J connectivity index is 2.22. The SMILES string of the molecule is NC(=S)SC(=S)NC1CCCCC1. The summed E-state index contributed by atoms with van der Waals surface area (Å²) in [6.07, 6.45) is 6.40. The molecule has 0 aromatic carbocycles. The monoisotopic (exact) mass is 234 g/mol. The largest absolute Gasteiger partial charge is 0.384 e. The summed E-state index contributed by atoms with van der Waals surface area (Å²) >= 11 is 11.1. The van der Waals surface area contributed by atoms with Crippen LogP contribution >= 0.6 is 36.2 Å². The maximum Gasteiger partial charge on any atom is 0.141 e. The lowest BCUT2D eigenvalue weighted by atomic mass is 9.96. The minimum Gasteiger partial charge on any atom is -0.384 e. The lowest BCUT2D eigenvalue weighted by molar-refractivity contribution is 0.416. The molecule has 0 spiro atoms. The molecule has 0 atom stereocenters. The lowest BCUT2D eigenvalue weighted by Crippen LogP contribution is -2.34. The number of thioether (sulfide) groups is 1. The van der Waals surface area contributed by atoms with Crippen molar-refractivity contribution in [2.75, 3.05) is 0 Å². The van der Waals surface area contributed by atoms with Crippen LogP contribution in [0.4, 0.5) is 0 Å². The summed E-state index contributed by atoms with van der Waals surface area (Å²) in [5.74, 6) is 0. The fourth-order valence-corrected chi connectivity index (χ4v) is 2.79. The third-order valence-corrected chi connectivity index (χ3v) is 3.24. The summed E-state index contributed by atoms with van der Waals surface area (Å²) in [5.41, 5.74) is 5.37. The standard InChI is InChI=1S/C8H14N2S3/c9-7(11)13-8(12)10-6-4-2-1-3-5-6/h6H,1-5H2,(H2,9,11)(H,10,12). The number of nitrogens with one attached hydrogen (secondary N) is 1. The number of hydrogen-bond donors (Lipinski definition) is 2. The summed E-state index contributed by atoms with van der Waals surface area (Å²) < 4.78 is 1.12.